The zero-order valence-electron chi connectivity index (χ0n) is 9.04. The first-order valence-corrected chi connectivity index (χ1v) is 5.90. The third-order valence-electron chi connectivity index (χ3n) is 2.61. The summed E-state index contributed by atoms with van der Waals surface area (Å²) in [6, 6.07) is 5.22. The predicted molar refractivity (Wildman–Crippen MR) is 63.9 cm³/mol. The average Bonchev–Trinajstić information content (AvgIpc) is 2.96. The molecule has 1 aliphatic rings. The van der Waals surface area contributed by atoms with E-state index < -0.39 is 0 Å². The number of halogens is 2. The van der Waals surface area contributed by atoms with Crippen LogP contribution >= 0.6 is 23.2 Å². The van der Waals surface area contributed by atoms with Gasteiger partial charge in [0.25, 0.3) is 0 Å². The van der Waals surface area contributed by atoms with E-state index in [-0.39, 0.29) is 23.9 Å². The predicted octanol–water partition coefficient (Wildman–Crippen LogP) is 3.66. The van der Waals surface area contributed by atoms with Gasteiger partial charge in [-0.25, -0.2) is 0 Å². The second-order valence-corrected chi connectivity index (χ2v) is 5.04. The van der Waals surface area contributed by atoms with Crippen LogP contribution in [-0.4, -0.2) is 11.9 Å². The number of hydrogen-bond donors (Lipinski definition) is 0. The van der Waals surface area contributed by atoms with Crippen LogP contribution in [0.5, 0.6) is 0 Å². The Morgan fingerprint density at radius 3 is 2.62 bits per heavy atom. The van der Waals surface area contributed by atoms with Crippen molar-refractivity contribution in [3.05, 3.63) is 33.8 Å². The molecule has 1 heterocycles. The number of carbonyl (C=O) groups excluding carboxylic acids is 1. The molecule has 0 aliphatic carbocycles. The normalized spacial score (nSPS) is 23.6. The summed E-state index contributed by atoms with van der Waals surface area (Å²) >= 11 is 11.8. The third-order valence-corrected chi connectivity index (χ3v) is 3.17. The van der Waals surface area contributed by atoms with Gasteiger partial charge in [0, 0.05) is 21.5 Å². The smallest absolute Gasteiger partial charge is 0.167 e. The quantitative estimate of drug-likeness (QED) is 0.775. The molecule has 0 amide bonds. The molecule has 4 heteroatoms. The van der Waals surface area contributed by atoms with Crippen molar-refractivity contribution < 1.29 is 9.53 Å². The minimum atomic E-state index is -0.335. The van der Waals surface area contributed by atoms with Crippen molar-refractivity contribution in [3.63, 3.8) is 0 Å². The molecule has 2 atom stereocenters. The SMILES string of the molecule is CC(C)C(=O)C1OC1c1ccc(Cl)cc1Cl. The highest BCUT2D eigenvalue weighted by molar-refractivity contribution is 6.35. The molecule has 2 unspecified atom stereocenters. The number of benzene rings is 1. The maximum absolute atomic E-state index is 11.7. The minimum Gasteiger partial charge on any atom is -0.356 e. The molecular formula is C12H12Cl2O2. The van der Waals surface area contributed by atoms with Crippen LogP contribution < -0.4 is 0 Å². The van der Waals surface area contributed by atoms with Gasteiger partial charge < -0.3 is 4.74 Å². The van der Waals surface area contributed by atoms with Gasteiger partial charge in [-0.1, -0.05) is 43.1 Å². The van der Waals surface area contributed by atoms with Gasteiger partial charge in [0.15, 0.2) is 5.78 Å². The maximum atomic E-state index is 11.7. The molecule has 1 aromatic rings. The summed E-state index contributed by atoms with van der Waals surface area (Å²) in [5.41, 5.74) is 0.838. The molecule has 1 aromatic carbocycles. The molecule has 0 radical (unpaired) electrons. The summed E-state index contributed by atoms with van der Waals surface area (Å²) in [5.74, 6) is 0.108. The number of epoxide rings is 1. The van der Waals surface area contributed by atoms with Gasteiger partial charge >= 0.3 is 0 Å². The van der Waals surface area contributed by atoms with E-state index in [1.165, 1.54) is 0 Å². The molecule has 1 aliphatic heterocycles. The van der Waals surface area contributed by atoms with Crippen LogP contribution in [0.4, 0.5) is 0 Å². The van der Waals surface area contributed by atoms with Crippen molar-refractivity contribution in [1.29, 1.82) is 0 Å². The zero-order chi connectivity index (χ0) is 11.9. The van der Waals surface area contributed by atoms with Crippen molar-refractivity contribution in [2.45, 2.75) is 26.1 Å². The lowest BCUT2D eigenvalue weighted by atomic mass is 10.0. The van der Waals surface area contributed by atoms with Crippen LogP contribution in [0.1, 0.15) is 25.5 Å². The van der Waals surface area contributed by atoms with Gasteiger partial charge in [0.1, 0.15) is 12.2 Å². The highest BCUT2D eigenvalue weighted by atomic mass is 35.5. The van der Waals surface area contributed by atoms with E-state index in [4.69, 9.17) is 27.9 Å². The summed E-state index contributed by atoms with van der Waals surface area (Å²) in [5, 5.41) is 1.14. The molecule has 1 fully saturated rings. The molecule has 86 valence electrons. The molecule has 0 saturated carbocycles. The van der Waals surface area contributed by atoms with Crippen molar-refractivity contribution >= 4 is 29.0 Å². The second-order valence-electron chi connectivity index (χ2n) is 4.20. The molecule has 0 aromatic heterocycles. The van der Waals surface area contributed by atoms with E-state index in [1.807, 2.05) is 19.9 Å². The minimum absolute atomic E-state index is 0.0129. The van der Waals surface area contributed by atoms with Crippen molar-refractivity contribution in [2.24, 2.45) is 5.92 Å². The van der Waals surface area contributed by atoms with Gasteiger partial charge in [0.2, 0.25) is 0 Å². The number of rotatable bonds is 3. The first-order chi connectivity index (χ1) is 7.50. The highest BCUT2D eigenvalue weighted by Crippen LogP contribution is 2.43. The van der Waals surface area contributed by atoms with Crippen LogP contribution in [0.25, 0.3) is 0 Å². The molecule has 2 nitrogen and oxygen atoms in total. The van der Waals surface area contributed by atoms with Crippen LogP contribution in [-0.2, 0) is 9.53 Å². The Morgan fingerprint density at radius 1 is 1.38 bits per heavy atom. The number of ether oxygens (including phenoxy) is 1. The molecule has 0 bridgehead atoms. The Hall–Kier alpha value is -0.570. The maximum Gasteiger partial charge on any atom is 0.167 e. The standard InChI is InChI=1S/C12H12Cl2O2/c1-6(2)10(15)12-11(16-12)8-4-3-7(13)5-9(8)14/h3-6,11-12H,1-2H3. The first-order valence-electron chi connectivity index (χ1n) is 5.15. The fourth-order valence-electron chi connectivity index (χ4n) is 1.63. The van der Waals surface area contributed by atoms with Gasteiger partial charge in [-0.2, -0.15) is 0 Å². The fraction of sp³-hybridized carbons (Fsp3) is 0.417. The summed E-state index contributed by atoms with van der Waals surface area (Å²) < 4.78 is 5.37. The van der Waals surface area contributed by atoms with E-state index >= 15 is 0 Å². The van der Waals surface area contributed by atoms with E-state index in [0.29, 0.717) is 10.0 Å². The van der Waals surface area contributed by atoms with Crippen LogP contribution in [0.2, 0.25) is 10.0 Å². The molecule has 2 rings (SSSR count). The zero-order valence-corrected chi connectivity index (χ0v) is 10.5. The van der Waals surface area contributed by atoms with E-state index in [2.05, 4.69) is 0 Å². The monoisotopic (exact) mass is 258 g/mol. The second kappa shape index (κ2) is 4.36. The molecule has 1 saturated heterocycles. The van der Waals surface area contributed by atoms with Crippen molar-refractivity contribution in [3.8, 4) is 0 Å². The summed E-state index contributed by atoms with van der Waals surface area (Å²) in [6.07, 6.45) is -0.529. The Balaban J connectivity index is 2.14. The summed E-state index contributed by atoms with van der Waals surface area (Å²) in [7, 11) is 0. The Bertz CT molecular complexity index is 429. The van der Waals surface area contributed by atoms with Gasteiger partial charge in [-0.15, -0.1) is 0 Å². The molecule has 0 spiro atoms. The number of carbonyl (C=O) groups is 1. The Morgan fingerprint density at radius 2 is 2.06 bits per heavy atom. The van der Waals surface area contributed by atoms with Crippen molar-refractivity contribution in [1.82, 2.24) is 0 Å². The number of Topliss-reactive ketones (excluding diaryl/α,β-unsaturated/α-hetero) is 1. The van der Waals surface area contributed by atoms with Crippen LogP contribution in [0.3, 0.4) is 0 Å². The third kappa shape index (κ3) is 2.24. The number of hydrogen-bond acceptors (Lipinski definition) is 2. The first kappa shape index (κ1) is 11.9. The average molecular weight is 259 g/mol. The van der Waals surface area contributed by atoms with E-state index in [1.54, 1.807) is 12.1 Å². The van der Waals surface area contributed by atoms with Crippen LogP contribution in [0, 0.1) is 5.92 Å². The topological polar surface area (TPSA) is 29.6 Å². The lowest BCUT2D eigenvalue weighted by molar-refractivity contribution is -0.123. The highest BCUT2D eigenvalue weighted by Gasteiger charge is 2.47. The summed E-state index contributed by atoms with van der Waals surface area (Å²) in [4.78, 5) is 11.7. The molecule has 0 N–H and O–H groups in total. The van der Waals surface area contributed by atoms with Gasteiger partial charge in [-0.3, -0.25) is 4.79 Å². The Labute approximate surface area is 104 Å². The molecular weight excluding hydrogens is 247 g/mol. The summed E-state index contributed by atoms with van der Waals surface area (Å²) in [6.45, 7) is 3.73. The largest absolute Gasteiger partial charge is 0.356 e. The van der Waals surface area contributed by atoms with E-state index in [9.17, 15) is 4.79 Å². The van der Waals surface area contributed by atoms with Gasteiger partial charge in [0.05, 0.1) is 0 Å². The lowest BCUT2D eigenvalue weighted by Crippen LogP contribution is -2.14. The van der Waals surface area contributed by atoms with Crippen molar-refractivity contribution in [2.75, 3.05) is 0 Å². The fourth-order valence-corrected chi connectivity index (χ4v) is 2.14. The molecule has 16 heavy (non-hydrogen) atoms. The number of ketones is 1. The van der Waals surface area contributed by atoms with Gasteiger partial charge in [-0.05, 0) is 12.1 Å². The van der Waals surface area contributed by atoms with E-state index in [0.717, 1.165) is 5.56 Å². The Kier molecular flexibility index (Phi) is 3.24. The lowest BCUT2D eigenvalue weighted by Gasteiger charge is -2.02. The van der Waals surface area contributed by atoms with Crippen LogP contribution in [0.15, 0.2) is 18.2 Å².